The van der Waals surface area contributed by atoms with Gasteiger partial charge < -0.3 is 20.3 Å². The number of nitrogens with one attached hydrogen (secondary N) is 2. The lowest BCUT2D eigenvalue weighted by Crippen LogP contribution is -2.52. The molecule has 1 aliphatic carbocycles. The van der Waals surface area contributed by atoms with Crippen LogP contribution in [0.5, 0.6) is 5.75 Å². The lowest BCUT2D eigenvalue weighted by Gasteiger charge is -2.34. The van der Waals surface area contributed by atoms with Crippen LogP contribution in [0.1, 0.15) is 44.1 Å². The second-order valence-corrected chi connectivity index (χ2v) is 7.19. The molecule has 1 aromatic rings. The first-order valence-electron chi connectivity index (χ1n) is 9.03. The standard InChI is InChI=1S/C19H29N3O2/c1-22-13-9-16(10-14-22)20-18(23)21-19(11-3-4-12-19)15-5-7-17(24-2)8-6-15/h5-8,16H,3-4,9-14H2,1-2H3,(H2,20,21,23). The van der Waals surface area contributed by atoms with Crippen molar-refractivity contribution in [2.75, 3.05) is 27.2 Å². The van der Waals surface area contributed by atoms with Gasteiger partial charge in [0.15, 0.2) is 0 Å². The average Bonchev–Trinajstić information content (AvgIpc) is 3.06. The van der Waals surface area contributed by atoms with Crippen LogP contribution in [0.4, 0.5) is 4.79 Å². The molecule has 1 aromatic carbocycles. The molecule has 5 nitrogen and oxygen atoms in total. The molecule has 0 atom stereocenters. The zero-order valence-electron chi connectivity index (χ0n) is 14.8. The monoisotopic (exact) mass is 331 g/mol. The third-order valence-corrected chi connectivity index (χ3v) is 5.51. The SMILES string of the molecule is COc1ccc(C2(NC(=O)NC3CCN(C)CC3)CCCC2)cc1. The van der Waals surface area contributed by atoms with Crippen LogP contribution in [0, 0.1) is 0 Å². The molecule has 3 rings (SSSR count). The van der Waals surface area contributed by atoms with E-state index < -0.39 is 0 Å². The minimum absolute atomic E-state index is 0.0257. The number of ether oxygens (including phenoxy) is 1. The van der Waals surface area contributed by atoms with Crippen molar-refractivity contribution in [3.63, 3.8) is 0 Å². The Morgan fingerprint density at radius 2 is 1.79 bits per heavy atom. The number of carbonyl (C=O) groups is 1. The van der Waals surface area contributed by atoms with E-state index in [1.54, 1.807) is 7.11 Å². The van der Waals surface area contributed by atoms with Crippen LogP contribution in [0.3, 0.4) is 0 Å². The molecular weight excluding hydrogens is 302 g/mol. The van der Waals surface area contributed by atoms with Gasteiger partial charge in [-0.05, 0) is 63.5 Å². The van der Waals surface area contributed by atoms with E-state index in [9.17, 15) is 4.79 Å². The summed E-state index contributed by atoms with van der Waals surface area (Å²) >= 11 is 0. The number of urea groups is 1. The van der Waals surface area contributed by atoms with Gasteiger partial charge >= 0.3 is 6.03 Å². The Hall–Kier alpha value is -1.75. The molecule has 5 heteroatoms. The van der Waals surface area contributed by atoms with Crippen molar-refractivity contribution in [1.29, 1.82) is 0 Å². The van der Waals surface area contributed by atoms with Gasteiger partial charge in [0.05, 0.1) is 12.6 Å². The second kappa shape index (κ2) is 7.43. The molecule has 2 N–H and O–H groups in total. The molecule has 0 spiro atoms. The molecule has 2 aliphatic rings. The Morgan fingerprint density at radius 1 is 1.17 bits per heavy atom. The lowest BCUT2D eigenvalue weighted by atomic mass is 9.88. The van der Waals surface area contributed by atoms with Crippen LogP contribution in [-0.4, -0.2) is 44.2 Å². The Bertz CT molecular complexity index is 544. The maximum Gasteiger partial charge on any atom is 0.315 e. The van der Waals surface area contributed by atoms with E-state index in [0.29, 0.717) is 0 Å². The number of nitrogens with zero attached hydrogens (tertiary/aromatic N) is 1. The van der Waals surface area contributed by atoms with E-state index in [2.05, 4.69) is 34.7 Å². The molecule has 0 radical (unpaired) electrons. The highest BCUT2D eigenvalue weighted by Gasteiger charge is 2.37. The Kier molecular flexibility index (Phi) is 5.29. The summed E-state index contributed by atoms with van der Waals surface area (Å²) in [6.07, 6.45) is 6.36. The van der Waals surface area contributed by atoms with E-state index in [-0.39, 0.29) is 17.6 Å². The van der Waals surface area contributed by atoms with E-state index in [0.717, 1.165) is 57.4 Å². The molecule has 1 heterocycles. The topological polar surface area (TPSA) is 53.6 Å². The average molecular weight is 331 g/mol. The quantitative estimate of drug-likeness (QED) is 0.892. The summed E-state index contributed by atoms with van der Waals surface area (Å²) in [4.78, 5) is 14.9. The number of hydrogen-bond donors (Lipinski definition) is 2. The number of hydrogen-bond acceptors (Lipinski definition) is 3. The fraction of sp³-hybridized carbons (Fsp3) is 0.632. The van der Waals surface area contributed by atoms with Gasteiger partial charge in [-0.3, -0.25) is 0 Å². The first-order chi connectivity index (χ1) is 11.6. The van der Waals surface area contributed by atoms with Crippen molar-refractivity contribution in [2.24, 2.45) is 0 Å². The normalized spacial score (nSPS) is 21.4. The largest absolute Gasteiger partial charge is 0.497 e. The Morgan fingerprint density at radius 3 is 2.38 bits per heavy atom. The van der Waals surface area contributed by atoms with E-state index in [1.165, 1.54) is 5.56 Å². The highest BCUT2D eigenvalue weighted by Crippen LogP contribution is 2.39. The van der Waals surface area contributed by atoms with E-state index >= 15 is 0 Å². The molecule has 0 aromatic heterocycles. The predicted octanol–water partition coefficient (Wildman–Crippen LogP) is 2.86. The van der Waals surface area contributed by atoms with Gasteiger partial charge in [0.2, 0.25) is 0 Å². The third kappa shape index (κ3) is 3.83. The zero-order valence-corrected chi connectivity index (χ0v) is 14.8. The summed E-state index contributed by atoms with van der Waals surface area (Å²) in [5.41, 5.74) is 0.946. The molecule has 1 aliphatic heterocycles. The minimum Gasteiger partial charge on any atom is -0.497 e. The predicted molar refractivity (Wildman–Crippen MR) is 95.3 cm³/mol. The highest BCUT2D eigenvalue weighted by molar-refractivity contribution is 5.75. The fourth-order valence-corrected chi connectivity index (χ4v) is 3.97. The first-order valence-corrected chi connectivity index (χ1v) is 9.03. The Labute approximate surface area is 144 Å². The van der Waals surface area contributed by atoms with Gasteiger partial charge in [0.1, 0.15) is 5.75 Å². The van der Waals surface area contributed by atoms with Crippen molar-refractivity contribution in [3.05, 3.63) is 29.8 Å². The van der Waals surface area contributed by atoms with Crippen molar-refractivity contribution >= 4 is 6.03 Å². The zero-order chi connectivity index (χ0) is 17.0. The van der Waals surface area contributed by atoms with Crippen molar-refractivity contribution in [3.8, 4) is 5.75 Å². The third-order valence-electron chi connectivity index (χ3n) is 5.51. The summed E-state index contributed by atoms with van der Waals surface area (Å²) < 4.78 is 5.25. The number of benzene rings is 1. The molecule has 0 unspecified atom stereocenters. The smallest absolute Gasteiger partial charge is 0.315 e. The lowest BCUT2D eigenvalue weighted by molar-refractivity contribution is 0.203. The van der Waals surface area contributed by atoms with E-state index in [1.807, 2.05) is 12.1 Å². The van der Waals surface area contributed by atoms with Gasteiger partial charge in [0, 0.05) is 6.04 Å². The van der Waals surface area contributed by atoms with Gasteiger partial charge in [0.25, 0.3) is 0 Å². The molecule has 1 saturated heterocycles. The summed E-state index contributed by atoms with van der Waals surface area (Å²) in [5.74, 6) is 0.850. The Balaban J connectivity index is 1.65. The number of amides is 2. The van der Waals surface area contributed by atoms with Crippen molar-refractivity contribution in [2.45, 2.75) is 50.1 Å². The molecular formula is C19H29N3O2. The number of likely N-dealkylation sites (tertiary alicyclic amines) is 1. The molecule has 0 bridgehead atoms. The number of carbonyl (C=O) groups excluding carboxylic acids is 1. The minimum atomic E-state index is -0.234. The summed E-state index contributed by atoms with van der Waals surface area (Å²) in [6, 6.07) is 8.38. The van der Waals surface area contributed by atoms with Gasteiger partial charge in [-0.2, -0.15) is 0 Å². The van der Waals surface area contributed by atoms with Gasteiger partial charge in [-0.1, -0.05) is 25.0 Å². The summed E-state index contributed by atoms with van der Waals surface area (Å²) in [7, 11) is 3.81. The molecule has 1 saturated carbocycles. The molecule has 2 amide bonds. The van der Waals surface area contributed by atoms with Gasteiger partial charge in [-0.15, -0.1) is 0 Å². The molecule has 24 heavy (non-hydrogen) atoms. The first kappa shape index (κ1) is 17.1. The fourth-order valence-electron chi connectivity index (χ4n) is 3.97. The van der Waals surface area contributed by atoms with Crippen LogP contribution in [0.15, 0.2) is 24.3 Å². The number of piperidine rings is 1. The van der Waals surface area contributed by atoms with E-state index in [4.69, 9.17) is 4.74 Å². The van der Waals surface area contributed by atoms with Crippen LogP contribution in [0.2, 0.25) is 0 Å². The molecule has 132 valence electrons. The number of methoxy groups -OCH3 is 1. The van der Waals surface area contributed by atoms with Crippen molar-refractivity contribution in [1.82, 2.24) is 15.5 Å². The van der Waals surface area contributed by atoms with Crippen molar-refractivity contribution < 1.29 is 9.53 Å². The van der Waals surface area contributed by atoms with Gasteiger partial charge in [-0.25, -0.2) is 4.79 Å². The van der Waals surface area contributed by atoms with Crippen LogP contribution in [-0.2, 0) is 5.54 Å². The second-order valence-electron chi connectivity index (χ2n) is 7.19. The van der Waals surface area contributed by atoms with Crippen LogP contribution < -0.4 is 15.4 Å². The molecule has 2 fully saturated rings. The maximum atomic E-state index is 12.6. The van der Waals surface area contributed by atoms with Crippen LogP contribution in [0.25, 0.3) is 0 Å². The van der Waals surface area contributed by atoms with Crippen LogP contribution >= 0.6 is 0 Å². The number of rotatable bonds is 4. The summed E-state index contributed by atoms with van der Waals surface area (Å²) in [6.45, 7) is 2.10. The maximum absolute atomic E-state index is 12.6. The summed E-state index contributed by atoms with van der Waals surface area (Å²) in [5, 5.41) is 6.48. The highest BCUT2D eigenvalue weighted by atomic mass is 16.5.